The van der Waals surface area contributed by atoms with Crippen LogP contribution in [0.5, 0.6) is 0 Å². The molecule has 1 aliphatic rings. The lowest BCUT2D eigenvalue weighted by Gasteiger charge is -2.31. The van der Waals surface area contributed by atoms with Crippen molar-refractivity contribution < 1.29 is 18.0 Å². The number of fused-ring (bicyclic) bond motifs is 1. The highest BCUT2D eigenvalue weighted by Gasteiger charge is 2.28. The lowest BCUT2D eigenvalue weighted by Crippen LogP contribution is -2.52. The van der Waals surface area contributed by atoms with Gasteiger partial charge in [-0.2, -0.15) is 0 Å². The molecule has 0 aliphatic carbocycles. The number of guanidine groups is 1. The van der Waals surface area contributed by atoms with Gasteiger partial charge in [0.15, 0.2) is 5.96 Å². The minimum atomic E-state index is -3.94. The topological polar surface area (TPSA) is 160 Å². The van der Waals surface area contributed by atoms with Gasteiger partial charge < -0.3 is 21.7 Å². The first-order valence-corrected chi connectivity index (χ1v) is 13.9. The Bertz CT molecular complexity index is 1430. The maximum atomic E-state index is 13.3. The fourth-order valence-corrected chi connectivity index (χ4v) is 5.47. The number of amides is 2. The van der Waals surface area contributed by atoms with Crippen molar-refractivity contribution in [2.45, 2.75) is 36.6 Å². The summed E-state index contributed by atoms with van der Waals surface area (Å²) >= 11 is 0. The SMILES string of the molecule is NC(N)=Nc1ccc(CC(NC(=O)CNS(=O)(=O)c2ccc3ccccc3c2)C(=O)N2CCCCC2)cc1. The fourth-order valence-electron chi connectivity index (χ4n) is 4.45. The van der Waals surface area contributed by atoms with Crippen LogP contribution >= 0.6 is 0 Å². The molecule has 1 saturated heterocycles. The van der Waals surface area contributed by atoms with Gasteiger partial charge in [-0.05, 0) is 59.9 Å². The quantitative estimate of drug-likeness (QED) is 0.241. The standard InChI is InChI=1S/C27H32N6O4S/c28-27(29)31-22-11-8-19(9-12-22)16-24(26(35)33-14-4-1-5-15-33)32-25(34)18-30-38(36,37)23-13-10-20-6-2-3-7-21(20)17-23/h2-3,6-13,17,24,30H,1,4-5,14-16,18H2,(H,32,34)(H4,28,29,31). The normalized spacial score (nSPS) is 14.6. The van der Waals surface area contributed by atoms with E-state index in [1.165, 1.54) is 6.07 Å². The molecule has 6 N–H and O–H groups in total. The average Bonchev–Trinajstić information content (AvgIpc) is 2.92. The first kappa shape index (κ1) is 27.1. The maximum Gasteiger partial charge on any atom is 0.245 e. The average molecular weight is 537 g/mol. The number of hydrogen-bond acceptors (Lipinski definition) is 5. The van der Waals surface area contributed by atoms with Gasteiger partial charge >= 0.3 is 0 Å². The Balaban J connectivity index is 1.45. The van der Waals surface area contributed by atoms with Gasteiger partial charge in [-0.15, -0.1) is 0 Å². The van der Waals surface area contributed by atoms with E-state index in [0.29, 0.717) is 18.8 Å². The van der Waals surface area contributed by atoms with Crippen molar-refractivity contribution in [3.8, 4) is 0 Å². The summed E-state index contributed by atoms with van der Waals surface area (Å²) in [6.07, 6.45) is 3.11. The van der Waals surface area contributed by atoms with Gasteiger partial charge in [-0.25, -0.2) is 18.1 Å². The molecule has 1 atom stereocenters. The summed E-state index contributed by atoms with van der Waals surface area (Å²) in [7, 11) is -3.94. The van der Waals surface area contributed by atoms with E-state index in [-0.39, 0.29) is 23.2 Å². The highest BCUT2D eigenvalue weighted by molar-refractivity contribution is 7.89. The number of nitrogens with one attached hydrogen (secondary N) is 2. The highest BCUT2D eigenvalue weighted by Crippen LogP contribution is 2.19. The molecule has 0 bridgehead atoms. The second-order valence-corrected chi connectivity index (χ2v) is 11.0. The van der Waals surface area contributed by atoms with Crippen LogP contribution in [-0.4, -0.2) is 56.8 Å². The van der Waals surface area contributed by atoms with E-state index in [4.69, 9.17) is 11.5 Å². The molecule has 2 amide bonds. The van der Waals surface area contributed by atoms with E-state index < -0.39 is 28.5 Å². The third-order valence-corrected chi connectivity index (χ3v) is 7.79. The molecule has 1 unspecified atom stereocenters. The number of likely N-dealkylation sites (tertiary alicyclic amines) is 1. The molecule has 38 heavy (non-hydrogen) atoms. The van der Waals surface area contributed by atoms with Crippen molar-refractivity contribution in [2.24, 2.45) is 16.5 Å². The van der Waals surface area contributed by atoms with Crippen LogP contribution in [0.4, 0.5) is 5.69 Å². The zero-order valence-corrected chi connectivity index (χ0v) is 21.8. The third kappa shape index (κ3) is 7.08. The number of aliphatic imine (C=N–C) groups is 1. The Morgan fingerprint density at radius 1 is 0.921 bits per heavy atom. The van der Waals surface area contributed by atoms with Gasteiger partial charge in [-0.3, -0.25) is 9.59 Å². The van der Waals surface area contributed by atoms with Gasteiger partial charge in [0, 0.05) is 19.5 Å². The molecule has 3 aromatic rings. The number of sulfonamides is 1. The molecule has 10 nitrogen and oxygen atoms in total. The summed E-state index contributed by atoms with van der Waals surface area (Å²) in [5.41, 5.74) is 12.2. The van der Waals surface area contributed by atoms with Crippen molar-refractivity contribution in [1.29, 1.82) is 0 Å². The monoisotopic (exact) mass is 536 g/mol. The van der Waals surface area contributed by atoms with Gasteiger partial charge in [0.1, 0.15) is 6.04 Å². The highest BCUT2D eigenvalue weighted by atomic mass is 32.2. The van der Waals surface area contributed by atoms with Crippen LogP contribution < -0.4 is 21.5 Å². The Kier molecular flexibility index (Phi) is 8.59. The Morgan fingerprint density at radius 2 is 1.61 bits per heavy atom. The molecular formula is C27H32N6O4S. The van der Waals surface area contributed by atoms with E-state index in [1.807, 2.05) is 24.3 Å². The van der Waals surface area contributed by atoms with Crippen LogP contribution in [0.2, 0.25) is 0 Å². The molecule has 4 rings (SSSR count). The molecule has 0 radical (unpaired) electrons. The number of carbonyl (C=O) groups excluding carboxylic acids is 2. The van der Waals surface area contributed by atoms with Crippen LogP contribution in [0.3, 0.4) is 0 Å². The van der Waals surface area contributed by atoms with Crippen molar-refractivity contribution in [3.63, 3.8) is 0 Å². The second-order valence-electron chi connectivity index (χ2n) is 9.25. The summed E-state index contributed by atoms with van der Waals surface area (Å²) in [6, 6.07) is 18.3. The third-order valence-electron chi connectivity index (χ3n) is 6.39. The van der Waals surface area contributed by atoms with Crippen LogP contribution in [0.15, 0.2) is 76.6 Å². The number of nitrogens with two attached hydrogens (primary N) is 2. The molecule has 0 aromatic heterocycles. The second kappa shape index (κ2) is 12.1. The van der Waals surface area contributed by atoms with Crippen molar-refractivity contribution in [3.05, 3.63) is 72.3 Å². The number of nitrogens with zero attached hydrogens (tertiary/aromatic N) is 2. The molecular weight excluding hydrogens is 504 g/mol. The molecule has 3 aromatic carbocycles. The Hall–Kier alpha value is -3.96. The van der Waals surface area contributed by atoms with Gasteiger partial charge in [-0.1, -0.05) is 42.5 Å². The smallest absolute Gasteiger partial charge is 0.245 e. The number of rotatable bonds is 9. The molecule has 1 aliphatic heterocycles. The van der Waals surface area contributed by atoms with E-state index in [2.05, 4.69) is 15.0 Å². The predicted molar refractivity (Wildman–Crippen MR) is 147 cm³/mol. The lowest BCUT2D eigenvalue weighted by atomic mass is 10.0. The lowest BCUT2D eigenvalue weighted by molar-refractivity contribution is -0.137. The zero-order chi connectivity index (χ0) is 27.1. The molecule has 1 fully saturated rings. The van der Waals surface area contributed by atoms with E-state index >= 15 is 0 Å². The molecule has 11 heteroatoms. The minimum Gasteiger partial charge on any atom is -0.370 e. The first-order valence-electron chi connectivity index (χ1n) is 12.5. The largest absolute Gasteiger partial charge is 0.370 e. The van der Waals surface area contributed by atoms with E-state index in [9.17, 15) is 18.0 Å². The maximum absolute atomic E-state index is 13.3. The van der Waals surface area contributed by atoms with Crippen LogP contribution in [-0.2, 0) is 26.0 Å². The van der Waals surface area contributed by atoms with Gasteiger partial charge in [0.05, 0.1) is 17.1 Å². The Morgan fingerprint density at radius 3 is 2.29 bits per heavy atom. The number of hydrogen-bond donors (Lipinski definition) is 4. The zero-order valence-electron chi connectivity index (χ0n) is 21.0. The first-order chi connectivity index (χ1) is 18.2. The summed E-state index contributed by atoms with van der Waals surface area (Å²) in [6.45, 7) is 0.759. The van der Waals surface area contributed by atoms with Crippen molar-refractivity contribution >= 4 is 44.3 Å². The van der Waals surface area contributed by atoms with Crippen molar-refractivity contribution in [1.82, 2.24) is 14.9 Å². The van der Waals surface area contributed by atoms with E-state index in [0.717, 1.165) is 35.6 Å². The summed E-state index contributed by atoms with van der Waals surface area (Å²) < 4.78 is 28.1. The predicted octanol–water partition coefficient (Wildman–Crippen LogP) is 1.76. The Labute approximate surface area is 222 Å². The van der Waals surface area contributed by atoms with Gasteiger partial charge in [0.2, 0.25) is 21.8 Å². The summed E-state index contributed by atoms with van der Waals surface area (Å²) in [4.78, 5) is 32.0. The van der Waals surface area contributed by atoms with Crippen molar-refractivity contribution in [2.75, 3.05) is 19.6 Å². The summed E-state index contributed by atoms with van der Waals surface area (Å²) in [5, 5.41) is 4.43. The molecule has 1 heterocycles. The molecule has 200 valence electrons. The number of piperidine rings is 1. The fraction of sp³-hybridized carbons (Fsp3) is 0.296. The number of carbonyl (C=O) groups is 2. The number of benzene rings is 3. The molecule has 0 spiro atoms. The van der Waals surface area contributed by atoms with Gasteiger partial charge in [0.25, 0.3) is 0 Å². The summed E-state index contributed by atoms with van der Waals surface area (Å²) in [5.74, 6) is -0.847. The van der Waals surface area contributed by atoms with Crippen LogP contribution in [0, 0.1) is 0 Å². The molecule has 0 saturated carbocycles. The van der Waals surface area contributed by atoms with Crippen LogP contribution in [0.25, 0.3) is 10.8 Å². The van der Waals surface area contributed by atoms with Crippen LogP contribution in [0.1, 0.15) is 24.8 Å². The minimum absolute atomic E-state index is 0.0608. The van der Waals surface area contributed by atoms with E-state index in [1.54, 1.807) is 41.3 Å².